The number of carbonyl (C=O) groups is 1. The lowest BCUT2D eigenvalue weighted by atomic mass is 10.1. The van der Waals surface area contributed by atoms with Crippen LogP contribution in [0.5, 0.6) is 0 Å². The molecule has 0 bridgehead atoms. The molecule has 4 heteroatoms. The topological polar surface area (TPSA) is 57.8 Å². The molecule has 0 aliphatic carbocycles. The highest BCUT2D eigenvalue weighted by molar-refractivity contribution is 5.93. The van der Waals surface area contributed by atoms with Gasteiger partial charge in [0.2, 0.25) is 5.91 Å². The Bertz CT molecular complexity index is 502. The van der Waals surface area contributed by atoms with Gasteiger partial charge in [0.1, 0.15) is 5.69 Å². The molecule has 0 saturated heterocycles. The van der Waals surface area contributed by atoms with Crippen molar-refractivity contribution >= 4 is 11.6 Å². The van der Waals surface area contributed by atoms with E-state index in [4.69, 9.17) is 0 Å². The van der Waals surface area contributed by atoms with Gasteiger partial charge in [-0.1, -0.05) is 30.3 Å². The first-order valence-corrected chi connectivity index (χ1v) is 5.06. The van der Waals surface area contributed by atoms with Crippen LogP contribution in [-0.4, -0.2) is 16.1 Å². The number of aromatic amines is 1. The van der Waals surface area contributed by atoms with Crippen LogP contribution >= 0.6 is 0 Å². The van der Waals surface area contributed by atoms with Gasteiger partial charge in [0.05, 0.1) is 11.4 Å². The zero-order valence-corrected chi connectivity index (χ0v) is 9.24. The lowest BCUT2D eigenvalue weighted by Gasteiger charge is -2.03. The number of hydrogen-bond donors (Lipinski definition) is 2. The molecule has 1 aromatic carbocycles. The number of carbonyl (C=O) groups excluding carboxylic acids is 1. The first-order chi connectivity index (χ1) is 7.68. The Morgan fingerprint density at radius 2 is 2.00 bits per heavy atom. The standard InChI is InChI=1S/C12H13N3O/c1-8-11(13-9(2)16)12(15-14-8)10-6-4-3-5-7-10/h3-7H,1-2H3,(H,13,16)(H,14,15). The van der Waals surface area contributed by atoms with Crippen molar-refractivity contribution in [3.8, 4) is 11.3 Å². The molecule has 0 radical (unpaired) electrons. The Balaban J connectivity index is 2.46. The number of nitrogens with one attached hydrogen (secondary N) is 2. The summed E-state index contributed by atoms with van der Waals surface area (Å²) >= 11 is 0. The van der Waals surface area contributed by atoms with Crippen molar-refractivity contribution in [3.05, 3.63) is 36.0 Å². The van der Waals surface area contributed by atoms with Crippen LogP contribution in [0.1, 0.15) is 12.6 Å². The van der Waals surface area contributed by atoms with Crippen molar-refractivity contribution in [1.29, 1.82) is 0 Å². The number of benzene rings is 1. The van der Waals surface area contributed by atoms with E-state index in [1.165, 1.54) is 6.92 Å². The van der Waals surface area contributed by atoms with Gasteiger partial charge in [-0.05, 0) is 6.92 Å². The molecule has 4 nitrogen and oxygen atoms in total. The lowest BCUT2D eigenvalue weighted by molar-refractivity contribution is -0.114. The number of amides is 1. The molecule has 0 aliphatic rings. The van der Waals surface area contributed by atoms with E-state index in [9.17, 15) is 4.79 Å². The number of rotatable bonds is 2. The highest BCUT2D eigenvalue weighted by Gasteiger charge is 2.12. The van der Waals surface area contributed by atoms with Crippen molar-refractivity contribution in [2.75, 3.05) is 5.32 Å². The molecule has 2 rings (SSSR count). The van der Waals surface area contributed by atoms with Gasteiger partial charge in [0.25, 0.3) is 0 Å². The summed E-state index contributed by atoms with van der Waals surface area (Å²) in [5, 5.41) is 9.86. The van der Waals surface area contributed by atoms with E-state index >= 15 is 0 Å². The van der Waals surface area contributed by atoms with E-state index in [0.717, 1.165) is 22.6 Å². The summed E-state index contributed by atoms with van der Waals surface area (Å²) in [6.07, 6.45) is 0. The normalized spacial score (nSPS) is 10.1. The van der Waals surface area contributed by atoms with Crippen molar-refractivity contribution in [1.82, 2.24) is 10.2 Å². The molecule has 0 fully saturated rings. The number of aryl methyl sites for hydroxylation is 1. The van der Waals surface area contributed by atoms with Crippen molar-refractivity contribution in [2.24, 2.45) is 0 Å². The van der Waals surface area contributed by atoms with Gasteiger partial charge in [-0.2, -0.15) is 5.10 Å². The highest BCUT2D eigenvalue weighted by Crippen LogP contribution is 2.27. The van der Waals surface area contributed by atoms with E-state index in [1.807, 2.05) is 37.3 Å². The van der Waals surface area contributed by atoms with E-state index in [1.54, 1.807) is 0 Å². The van der Waals surface area contributed by atoms with E-state index in [0.29, 0.717) is 0 Å². The first kappa shape index (κ1) is 10.4. The third kappa shape index (κ3) is 1.95. The SMILES string of the molecule is CC(=O)Nc1c(-c2ccccc2)n[nH]c1C. The smallest absolute Gasteiger partial charge is 0.221 e. The summed E-state index contributed by atoms with van der Waals surface area (Å²) < 4.78 is 0. The molecule has 0 aliphatic heterocycles. The molecule has 2 N–H and O–H groups in total. The minimum Gasteiger partial charge on any atom is -0.323 e. The van der Waals surface area contributed by atoms with Gasteiger partial charge < -0.3 is 5.32 Å². The summed E-state index contributed by atoms with van der Waals surface area (Å²) in [4.78, 5) is 11.1. The Morgan fingerprint density at radius 1 is 1.31 bits per heavy atom. The first-order valence-electron chi connectivity index (χ1n) is 5.06. The Kier molecular flexibility index (Phi) is 2.72. The minimum atomic E-state index is -0.0957. The van der Waals surface area contributed by atoms with Crippen LogP contribution in [0.2, 0.25) is 0 Å². The van der Waals surface area contributed by atoms with Crippen LogP contribution < -0.4 is 5.32 Å². The maximum atomic E-state index is 11.1. The number of H-pyrrole nitrogens is 1. The molecule has 0 saturated carbocycles. The van der Waals surface area contributed by atoms with Crippen molar-refractivity contribution in [2.45, 2.75) is 13.8 Å². The van der Waals surface area contributed by atoms with Crippen LogP contribution in [0.15, 0.2) is 30.3 Å². The van der Waals surface area contributed by atoms with Gasteiger partial charge >= 0.3 is 0 Å². The Labute approximate surface area is 93.7 Å². The quantitative estimate of drug-likeness (QED) is 0.807. The molecular weight excluding hydrogens is 202 g/mol. The van der Waals surface area contributed by atoms with Gasteiger partial charge in [-0.15, -0.1) is 0 Å². The summed E-state index contributed by atoms with van der Waals surface area (Å²) in [5.41, 5.74) is 3.36. The summed E-state index contributed by atoms with van der Waals surface area (Å²) in [6.45, 7) is 3.37. The fourth-order valence-corrected chi connectivity index (χ4v) is 1.56. The number of nitrogens with zero attached hydrogens (tertiary/aromatic N) is 1. The largest absolute Gasteiger partial charge is 0.323 e. The van der Waals surface area contributed by atoms with E-state index in [2.05, 4.69) is 15.5 Å². The summed E-state index contributed by atoms with van der Waals surface area (Å²) in [7, 11) is 0. The second kappa shape index (κ2) is 4.18. The molecular formula is C12H13N3O. The summed E-state index contributed by atoms with van der Waals surface area (Å²) in [6, 6.07) is 9.75. The highest BCUT2D eigenvalue weighted by atomic mass is 16.1. The third-order valence-corrected chi connectivity index (χ3v) is 2.30. The molecule has 1 heterocycles. The molecule has 0 spiro atoms. The second-order valence-corrected chi connectivity index (χ2v) is 3.62. The fourth-order valence-electron chi connectivity index (χ4n) is 1.56. The van der Waals surface area contributed by atoms with Crippen LogP contribution in [0.3, 0.4) is 0 Å². The maximum absolute atomic E-state index is 11.1. The van der Waals surface area contributed by atoms with Crippen LogP contribution in [-0.2, 0) is 4.79 Å². The second-order valence-electron chi connectivity index (χ2n) is 3.62. The van der Waals surface area contributed by atoms with Crippen LogP contribution in [0.25, 0.3) is 11.3 Å². The van der Waals surface area contributed by atoms with Gasteiger partial charge in [-0.25, -0.2) is 0 Å². The number of aromatic nitrogens is 2. The third-order valence-electron chi connectivity index (χ3n) is 2.30. The zero-order valence-electron chi connectivity index (χ0n) is 9.24. The predicted octanol–water partition coefficient (Wildman–Crippen LogP) is 2.34. The van der Waals surface area contributed by atoms with E-state index < -0.39 is 0 Å². The predicted molar refractivity (Wildman–Crippen MR) is 63.1 cm³/mol. The molecule has 0 unspecified atom stereocenters. The van der Waals surface area contributed by atoms with Crippen LogP contribution in [0.4, 0.5) is 5.69 Å². The Morgan fingerprint density at radius 3 is 2.62 bits per heavy atom. The van der Waals surface area contributed by atoms with E-state index in [-0.39, 0.29) is 5.91 Å². The summed E-state index contributed by atoms with van der Waals surface area (Å²) in [5.74, 6) is -0.0957. The maximum Gasteiger partial charge on any atom is 0.221 e. The molecule has 82 valence electrons. The number of hydrogen-bond acceptors (Lipinski definition) is 2. The molecule has 2 aromatic rings. The monoisotopic (exact) mass is 215 g/mol. The molecule has 1 aromatic heterocycles. The van der Waals surface area contributed by atoms with Crippen molar-refractivity contribution < 1.29 is 4.79 Å². The van der Waals surface area contributed by atoms with Gasteiger partial charge in [-0.3, -0.25) is 9.89 Å². The zero-order chi connectivity index (χ0) is 11.5. The van der Waals surface area contributed by atoms with Gasteiger partial charge in [0, 0.05) is 12.5 Å². The number of anilines is 1. The average molecular weight is 215 g/mol. The van der Waals surface area contributed by atoms with Crippen molar-refractivity contribution in [3.63, 3.8) is 0 Å². The molecule has 0 atom stereocenters. The average Bonchev–Trinajstić information content (AvgIpc) is 2.61. The van der Waals surface area contributed by atoms with Gasteiger partial charge in [0.15, 0.2) is 0 Å². The lowest BCUT2D eigenvalue weighted by Crippen LogP contribution is -2.07. The minimum absolute atomic E-state index is 0.0957. The Hall–Kier alpha value is -2.10. The van der Waals surface area contributed by atoms with Crippen LogP contribution in [0, 0.1) is 6.92 Å². The molecule has 16 heavy (non-hydrogen) atoms. The molecule has 1 amide bonds. The fraction of sp³-hybridized carbons (Fsp3) is 0.167.